The highest BCUT2D eigenvalue weighted by Crippen LogP contribution is 2.36. The molecule has 1 amide bonds. The number of benzene rings is 2. The molecule has 0 unspecified atom stereocenters. The molecule has 8 heteroatoms. The van der Waals surface area contributed by atoms with Crippen molar-refractivity contribution in [2.24, 2.45) is 0 Å². The number of hydrogen-bond acceptors (Lipinski definition) is 3. The van der Waals surface area contributed by atoms with Crippen LogP contribution in [0.4, 0.5) is 18.9 Å². The fourth-order valence-electron chi connectivity index (χ4n) is 1.93. The Morgan fingerprint density at radius 2 is 1.83 bits per heavy atom. The van der Waals surface area contributed by atoms with E-state index in [1.165, 1.54) is 13.2 Å². The largest absolute Gasteiger partial charge is 0.493 e. The predicted molar refractivity (Wildman–Crippen MR) is 83.6 cm³/mol. The van der Waals surface area contributed by atoms with Crippen molar-refractivity contribution in [1.29, 1.82) is 0 Å². The molecule has 128 valence electrons. The summed E-state index contributed by atoms with van der Waals surface area (Å²) < 4.78 is 49.2. The number of halogens is 4. The van der Waals surface area contributed by atoms with E-state index in [9.17, 15) is 18.0 Å². The molecule has 0 atom stereocenters. The van der Waals surface area contributed by atoms with Gasteiger partial charge in [0.1, 0.15) is 0 Å². The lowest BCUT2D eigenvalue weighted by Crippen LogP contribution is -2.22. The Kier molecular flexibility index (Phi) is 5.56. The zero-order valence-corrected chi connectivity index (χ0v) is 13.2. The maximum Gasteiger partial charge on any atom is 0.418 e. The first kappa shape index (κ1) is 17.9. The molecule has 0 spiro atoms. The predicted octanol–water partition coefficient (Wildman–Crippen LogP) is 4.38. The van der Waals surface area contributed by atoms with Crippen molar-refractivity contribution in [3.63, 3.8) is 0 Å². The van der Waals surface area contributed by atoms with E-state index in [2.05, 4.69) is 5.32 Å². The summed E-state index contributed by atoms with van der Waals surface area (Å²) in [6.07, 6.45) is -4.64. The van der Waals surface area contributed by atoms with Gasteiger partial charge in [0.15, 0.2) is 18.1 Å². The molecule has 0 fully saturated rings. The van der Waals surface area contributed by atoms with Gasteiger partial charge in [-0.2, -0.15) is 13.2 Å². The first-order valence-electron chi connectivity index (χ1n) is 6.73. The number of alkyl halides is 3. The van der Waals surface area contributed by atoms with Crippen LogP contribution in [0.1, 0.15) is 5.56 Å². The van der Waals surface area contributed by atoms with Crippen LogP contribution in [0.5, 0.6) is 11.5 Å². The first-order valence-corrected chi connectivity index (χ1v) is 7.11. The van der Waals surface area contributed by atoms with Gasteiger partial charge in [-0.1, -0.05) is 23.7 Å². The molecule has 0 aliphatic rings. The molecule has 0 aliphatic heterocycles. The van der Waals surface area contributed by atoms with Crippen LogP contribution in [-0.4, -0.2) is 19.6 Å². The Balaban J connectivity index is 2.08. The number of amides is 1. The fraction of sp³-hybridized carbons (Fsp3) is 0.188. The summed E-state index contributed by atoms with van der Waals surface area (Å²) in [5.74, 6) is -0.0243. The number of para-hydroxylation sites is 2. The Morgan fingerprint density at radius 1 is 1.17 bits per heavy atom. The Bertz CT molecular complexity index is 735. The van der Waals surface area contributed by atoms with E-state index in [1.807, 2.05) is 0 Å². The van der Waals surface area contributed by atoms with Gasteiger partial charge in [-0.25, -0.2) is 0 Å². The number of nitrogens with one attached hydrogen (secondary N) is 1. The first-order chi connectivity index (χ1) is 11.3. The SMILES string of the molecule is COc1ccccc1OCC(=O)Nc1ccc(Cl)cc1C(F)(F)F. The van der Waals surface area contributed by atoms with E-state index in [0.717, 1.165) is 12.1 Å². The second-order valence-electron chi connectivity index (χ2n) is 4.68. The Hall–Kier alpha value is -2.41. The number of carbonyl (C=O) groups excluding carboxylic acids is 1. The van der Waals surface area contributed by atoms with Gasteiger partial charge in [-0.3, -0.25) is 4.79 Å². The summed E-state index contributed by atoms with van der Waals surface area (Å²) in [5, 5.41) is 2.09. The van der Waals surface area contributed by atoms with E-state index in [0.29, 0.717) is 11.5 Å². The van der Waals surface area contributed by atoms with E-state index in [4.69, 9.17) is 21.1 Å². The molecule has 24 heavy (non-hydrogen) atoms. The van der Waals surface area contributed by atoms with Crippen LogP contribution >= 0.6 is 11.6 Å². The smallest absolute Gasteiger partial charge is 0.418 e. The lowest BCUT2D eigenvalue weighted by molar-refractivity contribution is -0.137. The molecule has 1 N–H and O–H groups in total. The van der Waals surface area contributed by atoms with Gasteiger partial charge in [0, 0.05) is 5.02 Å². The molecule has 0 aromatic heterocycles. The standard InChI is InChI=1S/C16H13ClF3NO3/c1-23-13-4-2-3-5-14(13)24-9-15(22)21-12-7-6-10(17)8-11(12)16(18,19)20/h2-8H,9H2,1H3,(H,21,22). The van der Waals surface area contributed by atoms with Crippen LogP contribution in [0.15, 0.2) is 42.5 Å². The highest BCUT2D eigenvalue weighted by molar-refractivity contribution is 6.30. The molecule has 2 rings (SSSR count). The van der Waals surface area contributed by atoms with Crippen LogP contribution in [0, 0.1) is 0 Å². The van der Waals surface area contributed by atoms with Gasteiger partial charge in [-0.15, -0.1) is 0 Å². The maximum atomic E-state index is 13.0. The third kappa shape index (κ3) is 4.55. The minimum absolute atomic E-state index is 0.0782. The van der Waals surface area contributed by atoms with Gasteiger partial charge < -0.3 is 14.8 Å². The quantitative estimate of drug-likeness (QED) is 0.861. The van der Waals surface area contributed by atoms with Gasteiger partial charge >= 0.3 is 6.18 Å². The van der Waals surface area contributed by atoms with Crippen molar-refractivity contribution in [1.82, 2.24) is 0 Å². The lowest BCUT2D eigenvalue weighted by atomic mass is 10.1. The average Bonchev–Trinajstić information content (AvgIpc) is 2.54. The van der Waals surface area contributed by atoms with Crippen molar-refractivity contribution in [3.05, 3.63) is 53.1 Å². The highest BCUT2D eigenvalue weighted by atomic mass is 35.5. The summed E-state index contributed by atoms with van der Waals surface area (Å²) in [6, 6.07) is 9.70. The number of methoxy groups -OCH3 is 1. The molecule has 0 heterocycles. The molecular formula is C16H13ClF3NO3. The maximum absolute atomic E-state index is 13.0. The molecule has 0 saturated carbocycles. The highest BCUT2D eigenvalue weighted by Gasteiger charge is 2.34. The summed E-state index contributed by atoms with van der Waals surface area (Å²) in [6.45, 7) is -0.472. The molecule has 0 saturated heterocycles. The molecule has 0 bridgehead atoms. The van der Waals surface area contributed by atoms with Crippen molar-refractivity contribution >= 4 is 23.2 Å². The topological polar surface area (TPSA) is 47.6 Å². The van der Waals surface area contributed by atoms with Gasteiger partial charge in [0.2, 0.25) is 0 Å². The molecule has 2 aromatic carbocycles. The zero-order valence-electron chi connectivity index (χ0n) is 12.5. The van der Waals surface area contributed by atoms with Crippen LogP contribution in [0.2, 0.25) is 5.02 Å². The van der Waals surface area contributed by atoms with Gasteiger partial charge in [0.05, 0.1) is 18.4 Å². The summed E-state index contributed by atoms with van der Waals surface area (Å²) in [5.41, 5.74) is -1.42. The van der Waals surface area contributed by atoms with Crippen LogP contribution in [0.3, 0.4) is 0 Å². The van der Waals surface area contributed by atoms with E-state index >= 15 is 0 Å². The van der Waals surface area contributed by atoms with Gasteiger partial charge in [0.25, 0.3) is 5.91 Å². The lowest BCUT2D eigenvalue weighted by Gasteiger charge is -2.15. The molecule has 0 aliphatic carbocycles. The van der Waals surface area contributed by atoms with E-state index in [-0.39, 0.29) is 10.7 Å². The summed E-state index contributed by atoms with van der Waals surface area (Å²) in [7, 11) is 1.44. The molecule has 0 radical (unpaired) electrons. The fourth-order valence-corrected chi connectivity index (χ4v) is 2.10. The van der Waals surface area contributed by atoms with Gasteiger partial charge in [-0.05, 0) is 30.3 Å². The number of ether oxygens (including phenoxy) is 2. The second kappa shape index (κ2) is 7.44. The minimum Gasteiger partial charge on any atom is -0.493 e. The molecular weight excluding hydrogens is 347 g/mol. The number of rotatable bonds is 5. The zero-order chi connectivity index (χ0) is 17.7. The van der Waals surface area contributed by atoms with Crippen molar-refractivity contribution < 1.29 is 27.4 Å². The van der Waals surface area contributed by atoms with Crippen LogP contribution in [0.25, 0.3) is 0 Å². The second-order valence-corrected chi connectivity index (χ2v) is 5.11. The molecule has 4 nitrogen and oxygen atoms in total. The number of hydrogen-bond donors (Lipinski definition) is 1. The molecule has 2 aromatic rings. The van der Waals surface area contributed by atoms with Crippen molar-refractivity contribution in [2.45, 2.75) is 6.18 Å². The Labute approximate surface area is 141 Å². The minimum atomic E-state index is -4.64. The van der Waals surface area contributed by atoms with Crippen LogP contribution in [-0.2, 0) is 11.0 Å². The number of carbonyl (C=O) groups is 1. The Morgan fingerprint density at radius 3 is 2.46 bits per heavy atom. The summed E-state index contributed by atoms with van der Waals surface area (Å²) in [4.78, 5) is 11.9. The van der Waals surface area contributed by atoms with Crippen molar-refractivity contribution in [3.8, 4) is 11.5 Å². The third-order valence-corrected chi connectivity index (χ3v) is 3.22. The van der Waals surface area contributed by atoms with Crippen LogP contribution < -0.4 is 14.8 Å². The van der Waals surface area contributed by atoms with E-state index in [1.54, 1.807) is 24.3 Å². The normalized spacial score (nSPS) is 11.0. The monoisotopic (exact) mass is 359 g/mol. The van der Waals surface area contributed by atoms with Crippen molar-refractivity contribution in [2.75, 3.05) is 19.0 Å². The summed E-state index contributed by atoms with van der Waals surface area (Å²) >= 11 is 5.58. The average molecular weight is 360 g/mol. The van der Waals surface area contributed by atoms with E-state index < -0.39 is 24.3 Å². The number of anilines is 1. The third-order valence-electron chi connectivity index (χ3n) is 2.99.